The van der Waals surface area contributed by atoms with Gasteiger partial charge in [-0.15, -0.1) is 0 Å². The minimum absolute atomic E-state index is 0.0105. The summed E-state index contributed by atoms with van der Waals surface area (Å²) in [7, 11) is 0. The number of rotatable bonds is 3. The average molecular weight is 180 g/mol. The molecule has 0 aliphatic carbocycles. The van der Waals surface area contributed by atoms with Crippen molar-refractivity contribution in [2.45, 2.75) is 13.8 Å². The maximum atomic E-state index is 10.5. The lowest BCUT2D eigenvalue weighted by molar-refractivity contribution is -0.385. The molecule has 1 aromatic rings. The van der Waals surface area contributed by atoms with E-state index in [1.807, 2.05) is 0 Å². The topological polar surface area (TPSA) is 52.4 Å². The fraction of sp³-hybridized carbons (Fsp3) is 0.222. The lowest BCUT2D eigenvalue weighted by Crippen LogP contribution is -1.99. The summed E-state index contributed by atoms with van der Waals surface area (Å²) in [6, 6.07) is 6.30. The van der Waals surface area contributed by atoms with Crippen LogP contribution in [0.2, 0.25) is 0 Å². The third-order valence-electron chi connectivity index (χ3n) is 1.38. The van der Waals surface area contributed by atoms with Gasteiger partial charge in [-0.3, -0.25) is 10.1 Å². The highest BCUT2D eigenvalue weighted by Gasteiger charge is 2.14. The van der Waals surface area contributed by atoms with Gasteiger partial charge in [0, 0.05) is 6.07 Å². The summed E-state index contributed by atoms with van der Waals surface area (Å²) in [6.45, 7) is 3.49. The third kappa shape index (κ3) is 2.43. The Kier molecular flexibility index (Phi) is 2.84. The fourth-order valence-corrected chi connectivity index (χ4v) is 0.914. The van der Waals surface area contributed by atoms with Gasteiger partial charge < -0.3 is 4.74 Å². The molecule has 0 bridgehead atoms. The number of hydrogen-bond acceptors (Lipinski definition) is 3. The highest BCUT2D eigenvalue weighted by molar-refractivity contribution is 5.46. The molecule has 13 heavy (non-hydrogen) atoms. The Bertz CT molecular complexity index is 309. The second-order valence-corrected chi connectivity index (χ2v) is 2.74. The van der Waals surface area contributed by atoms with Crippen molar-refractivity contribution < 1.29 is 9.66 Å². The number of nitro groups is 1. The van der Waals surface area contributed by atoms with Crippen molar-refractivity contribution in [1.29, 1.82) is 0 Å². The van der Waals surface area contributed by atoms with Crippen LogP contribution in [0.25, 0.3) is 0 Å². The summed E-state index contributed by atoms with van der Waals surface area (Å²) in [6.07, 6.45) is 0.675. The van der Waals surface area contributed by atoms with Crippen molar-refractivity contribution in [3.8, 4) is 5.75 Å². The molecule has 0 aliphatic rings. The quantitative estimate of drug-likeness (QED) is 0.530. The Labute approximate surface area is 76.3 Å². The molecule has 0 spiro atoms. The highest BCUT2D eigenvalue weighted by Crippen LogP contribution is 2.27. The van der Waals surface area contributed by atoms with Crippen molar-refractivity contribution in [2.75, 3.05) is 0 Å². The molecule has 0 unspecified atom stereocenters. The van der Waals surface area contributed by atoms with E-state index in [0.29, 0.717) is 6.10 Å². The summed E-state index contributed by atoms with van der Waals surface area (Å²) >= 11 is 0. The van der Waals surface area contributed by atoms with Crippen LogP contribution in [0, 0.1) is 16.2 Å². The molecular weight excluding hydrogens is 170 g/mol. The van der Waals surface area contributed by atoms with Crippen LogP contribution in [0.3, 0.4) is 0 Å². The number of nitrogens with zero attached hydrogens (tertiary/aromatic N) is 1. The molecule has 0 heterocycles. The van der Waals surface area contributed by atoms with Crippen LogP contribution in [-0.4, -0.2) is 4.92 Å². The van der Waals surface area contributed by atoms with Gasteiger partial charge in [0.15, 0.2) is 5.75 Å². The normalized spacial score (nSPS) is 10.1. The predicted octanol–water partition coefficient (Wildman–Crippen LogP) is 2.55. The Balaban J connectivity index is 2.98. The maximum Gasteiger partial charge on any atom is 0.310 e. The molecule has 0 aliphatic heterocycles. The maximum absolute atomic E-state index is 10.5. The Morgan fingerprint density at radius 3 is 2.54 bits per heavy atom. The number of hydrogen-bond donors (Lipinski definition) is 0. The van der Waals surface area contributed by atoms with Gasteiger partial charge in [-0.05, 0) is 19.9 Å². The molecule has 0 atom stereocenters. The van der Waals surface area contributed by atoms with Crippen molar-refractivity contribution in [3.63, 3.8) is 0 Å². The summed E-state index contributed by atoms with van der Waals surface area (Å²) in [5.41, 5.74) is -0.0105. The summed E-state index contributed by atoms with van der Waals surface area (Å²) in [4.78, 5) is 10.1. The molecule has 0 aromatic heterocycles. The largest absolute Gasteiger partial charge is 0.477 e. The molecular formula is C9H10NO3. The molecule has 4 nitrogen and oxygen atoms in total. The van der Waals surface area contributed by atoms with E-state index in [4.69, 9.17) is 4.74 Å². The van der Waals surface area contributed by atoms with Crippen molar-refractivity contribution in [3.05, 3.63) is 40.5 Å². The second kappa shape index (κ2) is 3.89. The van der Waals surface area contributed by atoms with Gasteiger partial charge in [-0.2, -0.15) is 0 Å². The van der Waals surface area contributed by atoms with Gasteiger partial charge in [-0.25, -0.2) is 0 Å². The standard InChI is InChI=1S/C9H10NO3/c1-7(2)13-9-6-4-3-5-8(9)10(11)12/h3-6H,1-2H3. The minimum atomic E-state index is -0.460. The van der Waals surface area contributed by atoms with E-state index in [-0.39, 0.29) is 11.4 Å². The zero-order valence-electron chi connectivity index (χ0n) is 7.48. The number of para-hydroxylation sites is 2. The molecule has 0 fully saturated rings. The van der Waals surface area contributed by atoms with Crippen molar-refractivity contribution >= 4 is 5.69 Å². The van der Waals surface area contributed by atoms with Gasteiger partial charge >= 0.3 is 5.69 Å². The average Bonchev–Trinajstić information content (AvgIpc) is 2.03. The molecule has 0 saturated carbocycles. The van der Waals surface area contributed by atoms with Gasteiger partial charge in [0.25, 0.3) is 0 Å². The van der Waals surface area contributed by atoms with E-state index in [9.17, 15) is 10.1 Å². The molecule has 1 aromatic carbocycles. The molecule has 0 amide bonds. The van der Waals surface area contributed by atoms with E-state index in [1.165, 1.54) is 6.07 Å². The molecule has 4 heteroatoms. The first-order chi connectivity index (χ1) is 6.11. The zero-order valence-corrected chi connectivity index (χ0v) is 7.48. The smallest absolute Gasteiger partial charge is 0.310 e. The summed E-state index contributed by atoms with van der Waals surface area (Å²) in [5.74, 6) is 0.285. The summed E-state index contributed by atoms with van der Waals surface area (Å²) < 4.78 is 5.18. The molecule has 0 N–H and O–H groups in total. The van der Waals surface area contributed by atoms with Gasteiger partial charge in [0.1, 0.15) is 6.10 Å². The number of nitro benzene ring substituents is 1. The third-order valence-corrected chi connectivity index (χ3v) is 1.38. The Morgan fingerprint density at radius 2 is 2.00 bits per heavy atom. The first-order valence-corrected chi connectivity index (χ1v) is 3.82. The second-order valence-electron chi connectivity index (χ2n) is 2.74. The van der Waals surface area contributed by atoms with Crippen LogP contribution in [0.5, 0.6) is 5.75 Å². The number of benzene rings is 1. The number of ether oxygens (including phenoxy) is 1. The van der Waals surface area contributed by atoms with E-state index in [2.05, 4.69) is 0 Å². The van der Waals surface area contributed by atoms with Gasteiger partial charge in [-0.1, -0.05) is 12.1 Å². The SMILES string of the molecule is C[C](C)Oc1ccccc1[N+](=O)[O-]. The predicted molar refractivity (Wildman–Crippen MR) is 48.3 cm³/mol. The van der Waals surface area contributed by atoms with E-state index >= 15 is 0 Å². The Hall–Kier alpha value is -1.58. The molecule has 69 valence electrons. The van der Waals surface area contributed by atoms with E-state index in [1.54, 1.807) is 32.0 Å². The lowest BCUT2D eigenvalue weighted by atomic mass is 10.3. The molecule has 1 rings (SSSR count). The van der Waals surface area contributed by atoms with Gasteiger partial charge in [0.05, 0.1) is 4.92 Å². The monoisotopic (exact) mass is 180 g/mol. The summed E-state index contributed by atoms with van der Waals surface area (Å²) in [5, 5.41) is 10.5. The first kappa shape index (κ1) is 9.51. The molecule has 0 saturated heterocycles. The van der Waals surface area contributed by atoms with E-state index < -0.39 is 4.92 Å². The van der Waals surface area contributed by atoms with Crippen molar-refractivity contribution in [1.82, 2.24) is 0 Å². The zero-order chi connectivity index (χ0) is 9.84. The van der Waals surface area contributed by atoms with Crippen LogP contribution in [0.4, 0.5) is 5.69 Å². The van der Waals surface area contributed by atoms with Crippen LogP contribution < -0.4 is 4.74 Å². The molecule has 1 radical (unpaired) electrons. The van der Waals surface area contributed by atoms with Crippen LogP contribution in [0.1, 0.15) is 13.8 Å². The van der Waals surface area contributed by atoms with E-state index in [0.717, 1.165) is 0 Å². The highest BCUT2D eigenvalue weighted by atomic mass is 16.6. The van der Waals surface area contributed by atoms with Gasteiger partial charge in [0.2, 0.25) is 0 Å². The lowest BCUT2D eigenvalue weighted by Gasteiger charge is -2.07. The first-order valence-electron chi connectivity index (χ1n) is 3.82. The van der Waals surface area contributed by atoms with Crippen LogP contribution >= 0.6 is 0 Å². The van der Waals surface area contributed by atoms with Crippen LogP contribution in [0.15, 0.2) is 24.3 Å². The Morgan fingerprint density at radius 1 is 1.38 bits per heavy atom. The fourth-order valence-electron chi connectivity index (χ4n) is 0.914. The van der Waals surface area contributed by atoms with Crippen LogP contribution in [-0.2, 0) is 0 Å². The minimum Gasteiger partial charge on any atom is -0.477 e. The van der Waals surface area contributed by atoms with Crippen molar-refractivity contribution in [2.24, 2.45) is 0 Å².